The summed E-state index contributed by atoms with van der Waals surface area (Å²) in [5.74, 6) is 1.08. The van der Waals surface area contributed by atoms with E-state index in [1.54, 1.807) is 0 Å². The first-order valence-electron chi connectivity index (χ1n) is 6.31. The van der Waals surface area contributed by atoms with Gasteiger partial charge in [-0.05, 0) is 38.1 Å². The van der Waals surface area contributed by atoms with Gasteiger partial charge in [0.15, 0.2) is 5.82 Å². The van der Waals surface area contributed by atoms with Gasteiger partial charge >= 0.3 is 0 Å². The van der Waals surface area contributed by atoms with Crippen LogP contribution in [0.5, 0.6) is 0 Å². The molecule has 1 aromatic carbocycles. The molecule has 0 unspecified atom stereocenters. The number of pyridine rings is 1. The van der Waals surface area contributed by atoms with Crippen molar-refractivity contribution >= 4 is 17.2 Å². The lowest BCUT2D eigenvalue weighted by atomic mass is 10.3. The van der Waals surface area contributed by atoms with Crippen LogP contribution in [-0.2, 0) is 0 Å². The average molecular weight is 239 g/mol. The number of nitrogens with zero attached hydrogens (tertiary/aromatic N) is 3. The average Bonchev–Trinajstić information content (AvgIpc) is 2.79. The summed E-state index contributed by atoms with van der Waals surface area (Å²) >= 11 is 0. The fourth-order valence-corrected chi connectivity index (χ4v) is 2.35. The lowest BCUT2D eigenvalue weighted by Gasteiger charge is -2.24. The van der Waals surface area contributed by atoms with E-state index in [-0.39, 0.29) is 0 Å². The molecule has 0 atom stereocenters. The summed E-state index contributed by atoms with van der Waals surface area (Å²) in [6, 6.07) is 15.1. The maximum absolute atomic E-state index is 4.52. The molecule has 3 rings (SSSR count). The fraction of sp³-hybridized carbons (Fsp3) is 0.267. The molecular weight excluding hydrogens is 222 g/mol. The highest BCUT2D eigenvalue weighted by atomic mass is 15.4. The van der Waals surface area contributed by atoms with Crippen LogP contribution >= 0.6 is 0 Å². The van der Waals surface area contributed by atoms with Crippen molar-refractivity contribution in [3.8, 4) is 0 Å². The third-order valence-corrected chi connectivity index (χ3v) is 3.31. The van der Waals surface area contributed by atoms with Crippen molar-refractivity contribution in [1.29, 1.82) is 0 Å². The molecule has 2 heterocycles. The molecule has 18 heavy (non-hydrogen) atoms. The summed E-state index contributed by atoms with van der Waals surface area (Å²) in [7, 11) is 0. The van der Waals surface area contributed by atoms with Crippen LogP contribution in [0.4, 0.5) is 17.2 Å². The molecule has 1 aliphatic rings. The summed E-state index contributed by atoms with van der Waals surface area (Å²) in [5, 5.41) is 0. The Balaban J connectivity index is 2.05. The summed E-state index contributed by atoms with van der Waals surface area (Å²) in [5.41, 5.74) is 2.41. The third kappa shape index (κ3) is 1.72. The van der Waals surface area contributed by atoms with Crippen molar-refractivity contribution in [1.82, 2.24) is 4.98 Å². The van der Waals surface area contributed by atoms with Crippen LogP contribution in [0.1, 0.15) is 13.8 Å². The van der Waals surface area contributed by atoms with Gasteiger partial charge in [0.05, 0.1) is 12.4 Å². The van der Waals surface area contributed by atoms with Gasteiger partial charge in [-0.15, -0.1) is 0 Å². The molecule has 3 nitrogen and oxygen atoms in total. The van der Waals surface area contributed by atoms with Gasteiger partial charge in [-0.2, -0.15) is 0 Å². The molecule has 0 saturated heterocycles. The maximum atomic E-state index is 4.52. The first-order valence-corrected chi connectivity index (χ1v) is 6.31. The zero-order valence-electron chi connectivity index (χ0n) is 10.7. The second-order valence-corrected chi connectivity index (χ2v) is 4.81. The Morgan fingerprint density at radius 2 is 1.83 bits per heavy atom. The van der Waals surface area contributed by atoms with Crippen LogP contribution in [-0.4, -0.2) is 17.7 Å². The van der Waals surface area contributed by atoms with E-state index in [4.69, 9.17) is 0 Å². The number of anilines is 3. The zero-order chi connectivity index (χ0) is 12.5. The molecule has 0 spiro atoms. The van der Waals surface area contributed by atoms with Crippen LogP contribution in [0.15, 0.2) is 48.7 Å². The van der Waals surface area contributed by atoms with Crippen molar-refractivity contribution in [2.75, 3.05) is 16.5 Å². The number of benzene rings is 1. The fourth-order valence-electron chi connectivity index (χ4n) is 2.35. The third-order valence-electron chi connectivity index (χ3n) is 3.31. The summed E-state index contributed by atoms with van der Waals surface area (Å²) in [6.45, 7) is 5.27. The second kappa shape index (κ2) is 4.33. The number of hydrogen-bond donors (Lipinski definition) is 0. The summed E-state index contributed by atoms with van der Waals surface area (Å²) in [4.78, 5) is 9.15. The van der Waals surface area contributed by atoms with Gasteiger partial charge in [0, 0.05) is 17.9 Å². The number of para-hydroxylation sites is 1. The van der Waals surface area contributed by atoms with Crippen LogP contribution < -0.4 is 9.80 Å². The monoisotopic (exact) mass is 239 g/mol. The molecule has 0 amide bonds. The van der Waals surface area contributed by atoms with E-state index in [9.17, 15) is 0 Å². The SMILES string of the molecule is CC(C)N1CN(c2ccccc2)c2cccnc21. The number of fused-ring (bicyclic) bond motifs is 1. The Morgan fingerprint density at radius 1 is 1.06 bits per heavy atom. The molecule has 0 saturated carbocycles. The Morgan fingerprint density at radius 3 is 2.56 bits per heavy atom. The van der Waals surface area contributed by atoms with Crippen molar-refractivity contribution in [2.24, 2.45) is 0 Å². The molecule has 0 bridgehead atoms. The summed E-state index contributed by atoms with van der Waals surface area (Å²) < 4.78 is 0. The van der Waals surface area contributed by atoms with Gasteiger partial charge in [-0.1, -0.05) is 18.2 Å². The van der Waals surface area contributed by atoms with Crippen molar-refractivity contribution in [3.63, 3.8) is 0 Å². The van der Waals surface area contributed by atoms with Gasteiger partial charge in [-0.3, -0.25) is 0 Å². The Hall–Kier alpha value is -2.03. The van der Waals surface area contributed by atoms with Crippen molar-refractivity contribution < 1.29 is 0 Å². The lowest BCUT2D eigenvalue weighted by Crippen LogP contribution is -2.33. The van der Waals surface area contributed by atoms with Gasteiger partial charge < -0.3 is 9.80 Å². The van der Waals surface area contributed by atoms with E-state index >= 15 is 0 Å². The van der Waals surface area contributed by atoms with E-state index in [1.807, 2.05) is 18.3 Å². The Kier molecular flexibility index (Phi) is 2.67. The minimum atomic E-state index is 0.451. The number of rotatable bonds is 2. The molecule has 0 aliphatic carbocycles. The van der Waals surface area contributed by atoms with Gasteiger partial charge in [0.25, 0.3) is 0 Å². The summed E-state index contributed by atoms with van der Waals surface area (Å²) in [6.07, 6.45) is 1.86. The van der Waals surface area contributed by atoms with E-state index in [1.165, 1.54) is 11.4 Å². The number of aromatic nitrogens is 1. The van der Waals surface area contributed by atoms with E-state index in [0.29, 0.717) is 6.04 Å². The highest BCUT2D eigenvalue weighted by Gasteiger charge is 2.29. The standard InChI is InChI=1S/C15H17N3/c1-12(2)17-11-18(13-7-4-3-5-8-13)14-9-6-10-16-15(14)17/h3-10,12H,11H2,1-2H3. The smallest absolute Gasteiger partial charge is 0.154 e. The minimum absolute atomic E-state index is 0.451. The topological polar surface area (TPSA) is 19.4 Å². The normalized spacial score (nSPS) is 14.2. The van der Waals surface area contributed by atoms with E-state index < -0.39 is 0 Å². The predicted octanol–water partition coefficient (Wildman–Crippen LogP) is 3.41. The number of hydrogen-bond acceptors (Lipinski definition) is 3. The Labute approximate surface area is 108 Å². The first-order chi connectivity index (χ1) is 8.77. The predicted molar refractivity (Wildman–Crippen MR) is 75.3 cm³/mol. The van der Waals surface area contributed by atoms with Crippen LogP contribution in [0, 0.1) is 0 Å². The van der Waals surface area contributed by atoms with Crippen LogP contribution in [0.25, 0.3) is 0 Å². The second-order valence-electron chi connectivity index (χ2n) is 4.81. The van der Waals surface area contributed by atoms with E-state index in [0.717, 1.165) is 12.5 Å². The quantitative estimate of drug-likeness (QED) is 0.800. The van der Waals surface area contributed by atoms with Crippen molar-refractivity contribution in [3.05, 3.63) is 48.7 Å². The molecule has 1 aliphatic heterocycles. The zero-order valence-corrected chi connectivity index (χ0v) is 10.7. The molecule has 0 N–H and O–H groups in total. The first kappa shape index (κ1) is 11.1. The molecule has 92 valence electrons. The van der Waals surface area contributed by atoms with Crippen LogP contribution in [0.2, 0.25) is 0 Å². The highest BCUT2D eigenvalue weighted by Crippen LogP contribution is 2.39. The van der Waals surface area contributed by atoms with Gasteiger partial charge in [0.1, 0.15) is 0 Å². The van der Waals surface area contributed by atoms with Crippen molar-refractivity contribution in [2.45, 2.75) is 19.9 Å². The molecular formula is C15H17N3. The molecule has 2 aromatic rings. The van der Waals surface area contributed by atoms with E-state index in [2.05, 4.69) is 59.0 Å². The molecule has 1 aromatic heterocycles. The lowest BCUT2D eigenvalue weighted by molar-refractivity contribution is 0.702. The minimum Gasteiger partial charge on any atom is -0.334 e. The molecule has 0 radical (unpaired) electrons. The van der Waals surface area contributed by atoms with Gasteiger partial charge in [0.2, 0.25) is 0 Å². The molecule has 3 heteroatoms. The molecule has 0 fully saturated rings. The van der Waals surface area contributed by atoms with Gasteiger partial charge in [-0.25, -0.2) is 4.98 Å². The highest BCUT2D eigenvalue weighted by molar-refractivity contribution is 5.79. The maximum Gasteiger partial charge on any atom is 0.154 e. The van der Waals surface area contributed by atoms with Crippen LogP contribution in [0.3, 0.4) is 0 Å². The largest absolute Gasteiger partial charge is 0.334 e. The Bertz CT molecular complexity index is 536.